The minimum Gasteiger partial charge on any atom is -0.310 e. The highest BCUT2D eigenvalue weighted by atomic mass is 32.2. The Morgan fingerprint density at radius 1 is 1.33 bits per heavy atom. The van der Waals surface area contributed by atoms with E-state index in [0.717, 1.165) is 12.8 Å². The zero-order chi connectivity index (χ0) is 15.5. The predicted octanol–water partition coefficient (Wildman–Crippen LogP) is 2.40. The summed E-state index contributed by atoms with van der Waals surface area (Å²) in [6.07, 6.45) is 3.33. The molecule has 21 heavy (non-hydrogen) atoms. The molecule has 0 saturated heterocycles. The van der Waals surface area contributed by atoms with Crippen LogP contribution in [0.25, 0.3) is 0 Å². The molecule has 2 rings (SSSR count). The Labute approximate surface area is 126 Å². The van der Waals surface area contributed by atoms with Crippen LogP contribution in [0.1, 0.15) is 38.7 Å². The number of hydrogen-bond donors (Lipinski definition) is 2. The summed E-state index contributed by atoms with van der Waals surface area (Å²) in [5, 5.41) is 3.09. The standard InChI is InChI=1S/C15H23FN2O2S/c1-11(2)17-10-13-8-14(6-7-15(13)16)21(19,20)18-9-12-4-3-5-12/h6-8,11-12,17-18H,3-5,9-10H2,1-2H3. The maximum Gasteiger partial charge on any atom is 0.240 e. The average molecular weight is 314 g/mol. The van der Waals surface area contributed by atoms with Gasteiger partial charge in [-0.15, -0.1) is 0 Å². The van der Waals surface area contributed by atoms with Crippen molar-refractivity contribution in [3.8, 4) is 0 Å². The van der Waals surface area contributed by atoms with Gasteiger partial charge in [-0.3, -0.25) is 0 Å². The summed E-state index contributed by atoms with van der Waals surface area (Å²) in [4.78, 5) is 0.128. The molecule has 1 fully saturated rings. The van der Waals surface area contributed by atoms with Crippen LogP contribution in [0.4, 0.5) is 4.39 Å². The van der Waals surface area contributed by atoms with Crippen LogP contribution in [0, 0.1) is 11.7 Å². The topological polar surface area (TPSA) is 58.2 Å². The molecule has 0 radical (unpaired) electrons. The predicted molar refractivity (Wildman–Crippen MR) is 80.9 cm³/mol. The van der Waals surface area contributed by atoms with Crippen LogP contribution in [0.3, 0.4) is 0 Å². The van der Waals surface area contributed by atoms with Crippen LogP contribution in [0.2, 0.25) is 0 Å². The van der Waals surface area contributed by atoms with Gasteiger partial charge in [-0.25, -0.2) is 17.5 Å². The van der Waals surface area contributed by atoms with Crippen LogP contribution in [-0.4, -0.2) is 21.0 Å². The number of sulfonamides is 1. The Morgan fingerprint density at radius 3 is 2.62 bits per heavy atom. The van der Waals surface area contributed by atoms with Crippen molar-refractivity contribution in [2.75, 3.05) is 6.54 Å². The first-order valence-electron chi connectivity index (χ1n) is 7.40. The van der Waals surface area contributed by atoms with E-state index in [9.17, 15) is 12.8 Å². The van der Waals surface area contributed by atoms with Crippen molar-refractivity contribution >= 4 is 10.0 Å². The van der Waals surface area contributed by atoms with Gasteiger partial charge in [0.1, 0.15) is 5.82 Å². The fraction of sp³-hybridized carbons (Fsp3) is 0.600. The molecule has 0 bridgehead atoms. The zero-order valence-corrected chi connectivity index (χ0v) is 13.3. The fourth-order valence-corrected chi connectivity index (χ4v) is 3.34. The summed E-state index contributed by atoms with van der Waals surface area (Å²) >= 11 is 0. The van der Waals surface area contributed by atoms with Gasteiger partial charge in [0.15, 0.2) is 0 Å². The Balaban J connectivity index is 2.08. The molecule has 0 aliphatic heterocycles. The Morgan fingerprint density at radius 2 is 2.05 bits per heavy atom. The largest absolute Gasteiger partial charge is 0.310 e. The SMILES string of the molecule is CC(C)NCc1cc(S(=O)(=O)NCC2CCC2)ccc1F. The van der Waals surface area contributed by atoms with Gasteiger partial charge in [-0.05, 0) is 37.0 Å². The van der Waals surface area contributed by atoms with Crippen molar-refractivity contribution in [3.63, 3.8) is 0 Å². The fourth-order valence-electron chi connectivity index (χ4n) is 2.18. The van der Waals surface area contributed by atoms with Crippen LogP contribution in [0.5, 0.6) is 0 Å². The second-order valence-corrected chi connectivity index (χ2v) is 7.70. The molecule has 0 atom stereocenters. The summed E-state index contributed by atoms with van der Waals surface area (Å²) in [5.74, 6) is 0.0587. The van der Waals surface area contributed by atoms with Crippen molar-refractivity contribution in [3.05, 3.63) is 29.6 Å². The third-order valence-corrected chi connectivity index (χ3v) is 5.24. The molecule has 4 nitrogen and oxygen atoms in total. The minimum absolute atomic E-state index is 0.128. The van der Waals surface area contributed by atoms with Crippen molar-refractivity contribution in [1.82, 2.24) is 10.0 Å². The van der Waals surface area contributed by atoms with Gasteiger partial charge in [-0.2, -0.15) is 0 Å². The van der Waals surface area contributed by atoms with E-state index in [1.807, 2.05) is 13.8 Å². The molecular formula is C15H23FN2O2S. The van der Waals surface area contributed by atoms with Crippen molar-refractivity contribution in [1.29, 1.82) is 0 Å². The van der Waals surface area contributed by atoms with Crippen LogP contribution in [0.15, 0.2) is 23.1 Å². The van der Waals surface area contributed by atoms with Crippen LogP contribution in [-0.2, 0) is 16.6 Å². The quantitative estimate of drug-likeness (QED) is 0.812. The average Bonchev–Trinajstić information content (AvgIpc) is 2.35. The van der Waals surface area contributed by atoms with Gasteiger partial charge in [0.25, 0.3) is 0 Å². The molecule has 0 heterocycles. The third kappa shape index (κ3) is 4.49. The van der Waals surface area contributed by atoms with E-state index in [1.54, 1.807) is 0 Å². The number of halogens is 1. The van der Waals surface area contributed by atoms with Gasteiger partial charge in [0.2, 0.25) is 10.0 Å². The molecule has 1 saturated carbocycles. The maximum atomic E-state index is 13.7. The molecule has 118 valence electrons. The lowest BCUT2D eigenvalue weighted by Crippen LogP contribution is -2.32. The molecule has 0 aromatic heterocycles. The summed E-state index contributed by atoms with van der Waals surface area (Å²) in [5.41, 5.74) is 0.371. The molecule has 2 N–H and O–H groups in total. The summed E-state index contributed by atoms with van der Waals surface area (Å²) in [6, 6.07) is 4.15. The molecule has 1 aliphatic carbocycles. The Hall–Kier alpha value is -0.980. The molecule has 6 heteroatoms. The lowest BCUT2D eigenvalue weighted by molar-refractivity contribution is 0.316. The molecule has 1 aliphatic rings. The van der Waals surface area contributed by atoms with Crippen LogP contribution >= 0.6 is 0 Å². The molecule has 0 unspecified atom stereocenters. The van der Waals surface area contributed by atoms with E-state index in [4.69, 9.17) is 0 Å². The zero-order valence-electron chi connectivity index (χ0n) is 12.5. The first-order valence-corrected chi connectivity index (χ1v) is 8.88. The van der Waals surface area contributed by atoms with Gasteiger partial charge >= 0.3 is 0 Å². The molecule has 1 aromatic rings. The second-order valence-electron chi connectivity index (χ2n) is 5.94. The summed E-state index contributed by atoms with van der Waals surface area (Å²) < 4.78 is 40.8. The van der Waals surface area contributed by atoms with E-state index in [1.165, 1.54) is 24.6 Å². The first-order chi connectivity index (χ1) is 9.88. The number of hydrogen-bond acceptors (Lipinski definition) is 3. The monoisotopic (exact) mass is 314 g/mol. The van der Waals surface area contributed by atoms with Crippen molar-refractivity contribution in [2.24, 2.45) is 5.92 Å². The first kappa shape index (κ1) is 16.4. The smallest absolute Gasteiger partial charge is 0.240 e. The number of benzene rings is 1. The molecule has 0 amide bonds. The van der Waals surface area contributed by atoms with Crippen molar-refractivity contribution in [2.45, 2.75) is 50.6 Å². The summed E-state index contributed by atoms with van der Waals surface area (Å²) in [6.45, 7) is 4.70. The highest BCUT2D eigenvalue weighted by Gasteiger charge is 2.22. The lowest BCUT2D eigenvalue weighted by Gasteiger charge is -2.25. The van der Waals surface area contributed by atoms with E-state index >= 15 is 0 Å². The molecule has 0 spiro atoms. The summed E-state index contributed by atoms with van der Waals surface area (Å²) in [7, 11) is -3.55. The Kier molecular flexibility index (Phi) is 5.35. The van der Waals surface area contributed by atoms with E-state index in [-0.39, 0.29) is 16.8 Å². The van der Waals surface area contributed by atoms with E-state index in [0.29, 0.717) is 24.6 Å². The third-order valence-electron chi connectivity index (χ3n) is 3.82. The van der Waals surface area contributed by atoms with Crippen LogP contribution < -0.4 is 10.0 Å². The maximum absolute atomic E-state index is 13.7. The number of nitrogens with one attached hydrogen (secondary N) is 2. The minimum atomic E-state index is -3.55. The van der Waals surface area contributed by atoms with Gasteiger partial charge in [0, 0.05) is 24.7 Å². The lowest BCUT2D eigenvalue weighted by atomic mass is 9.86. The van der Waals surface area contributed by atoms with Gasteiger partial charge in [0.05, 0.1) is 4.90 Å². The molecule has 1 aromatic carbocycles. The Bertz CT molecular complexity index is 583. The highest BCUT2D eigenvalue weighted by molar-refractivity contribution is 7.89. The second kappa shape index (κ2) is 6.85. The van der Waals surface area contributed by atoms with E-state index < -0.39 is 10.0 Å². The molecular weight excluding hydrogens is 291 g/mol. The van der Waals surface area contributed by atoms with Crippen molar-refractivity contribution < 1.29 is 12.8 Å². The number of rotatable bonds is 7. The van der Waals surface area contributed by atoms with E-state index in [2.05, 4.69) is 10.0 Å². The van der Waals surface area contributed by atoms with Gasteiger partial charge < -0.3 is 5.32 Å². The normalized spacial score (nSPS) is 16.2. The van der Waals surface area contributed by atoms with Gasteiger partial charge in [-0.1, -0.05) is 20.3 Å². The highest BCUT2D eigenvalue weighted by Crippen LogP contribution is 2.26.